The fourth-order valence-electron chi connectivity index (χ4n) is 10.9. The first-order valence-electron chi connectivity index (χ1n) is 21.5. The maximum Gasteiger partial charge on any atom is 0.238 e. The lowest BCUT2D eigenvalue weighted by atomic mass is 9.82. The maximum atomic E-state index is 5.46. The first-order valence-corrected chi connectivity index (χ1v) is 21.5. The second-order valence-corrected chi connectivity index (χ2v) is 18.1. The van der Waals surface area contributed by atoms with E-state index < -0.39 is 0 Å². The fraction of sp³-hybridized carbons (Fsp3) is 0.105. The zero-order chi connectivity index (χ0) is 41.5. The second kappa shape index (κ2) is 12.5. The molecule has 0 atom stereocenters. The molecule has 3 aromatic heterocycles. The average Bonchev–Trinajstić information content (AvgIpc) is 3.96. The molecule has 0 bridgehead atoms. The van der Waals surface area contributed by atoms with Crippen molar-refractivity contribution in [2.24, 2.45) is 0 Å². The molecule has 62 heavy (non-hydrogen) atoms. The monoisotopic (exact) mass is 795 g/mol. The lowest BCUT2D eigenvalue weighted by molar-refractivity contribution is 0.660. The Morgan fingerprint density at radius 3 is 1.32 bits per heavy atom. The first-order chi connectivity index (χ1) is 30.3. The number of benzene rings is 8. The van der Waals surface area contributed by atoms with Crippen LogP contribution in [0.4, 0.5) is 0 Å². The van der Waals surface area contributed by atoms with E-state index in [4.69, 9.17) is 15.0 Å². The molecule has 11 aromatic rings. The summed E-state index contributed by atoms with van der Waals surface area (Å²) in [6.07, 6.45) is 0. The van der Waals surface area contributed by atoms with Crippen molar-refractivity contribution in [3.05, 3.63) is 198 Å². The van der Waals surface area contributed by atoms with Crippen LogP contribution in [0.2, 0.25) is 0 Å². The standard InChI is InChI=1S/C57H41N5/c1-56(2)45-22-12-8-18-37(45)39-28-26-34(30-47(39)56)53-58-54(35-27-29-40-38-19-9-13-23-46(38)57(3,4)48(40)31-35)60-55(59-53)62-50-25-15-11-21-42(50)44-32-51-43(33-52(44)62)41-20-10-14-24-49(41)61(51)36-16-6-5-7-17-36/h5-33H,1-4H3. The highest BCUT2D eigenvalue weighted by Crippen LogP contribution is 2.51. The number of rotatable bonds is 4. The summed E-state index contributed by atoms with van der Waals surface area (Å²) in [4.78, 5) is 16.3. The van der Waals surface area contributed by atoms with Crippen LogP contribution in [0.15, 0.2) is 176 Å². The minimum Gasteiger partial charge on any atom is -0.309 e. The summed E-state index contributed by atoms with van der Waals surface area (Å²) in [5, 5.41) is 4.67. The molecule has 0 saturated heterocycles. The van der Waals surface area contributed by atoms with Gasteiger partial charge in [-0.1, -0.05) is 155 Å². The Morgan fingerprint density at radius 2 is 0.774 bits per heavy atom. The summed E-state index contributed by atoms with van der Waals surface area (Å²) < 4.78 is 4.64. The molecule has 2 aliphatic rings. The van der Waals surface area contributed by atoms with E-state index in [-0.39, 0.29) is 10.8 Å². The summed E-state index contributed by atoms with van der Waals surface area (Å²) in [5.74, 6) is 1.89. The van der Waals surface area contributed by atoms with Gasteiger partial charge in [0.05, 0.1) is 22.1 Å². The third-order valence-electron chi connectivity index (χ3n) is 14.0. The molecular weight excluding hydrogens is 755 g/mol. The van der Waals surface area contributed by atoms with Crippen LogP contribution in [-0.2, 0) is 10.8 Å². The Kier molecular flexibility index (Phi) is 7.07. The molecule has 0 radical (unpaired) electrons. The molecule has 5 heteroatoms. The van der Waals surface area contributed by atoms with E-state index in [1.165, 1.54) is 60.8 Å². The molecule has 0 N–H and O–H groups in total. The van der Waals surface area contributed by atoms with Gasteiger partial charge >= 0.3 is 0 Å². The Hall–Kier alpha value is -7.63. The van der Waals surface area contributed by atoms with Gasteiger partial charge in [-0.25, -0.2) is 4.98 Å². The highest BCUT2D eigenvalue weighted by Gasteiger charge is 2.37. The van der Waals surface area contributed by atoms with Gasteiger partial charge in [0.1, 0.15) is 0 Å². The van der Waals surface area contributed by atoms with Crippen molar-refractivity contribution in [1.82, 2.24) is 24.1 Å². The molecule has 8 aromatic carbocycles. The molecule has 0 saturated carbocycles. The zero-order valence-electron chi connectivity index (χ0n) is 35.0. The fourth-order valence-corrected chi connectivity index (χ4v) is 10.9. The van der Waals surface area contributed by atoms with Crippen LogP contribution >= 0.6 is 0 Å². The Bertz CT molecular complexity index is 3570. The highest BCUT2D eigenvalue weighted by molar-refractivity contribution is 6.19. The molecule has 0 fully saturated rings. The van der Waals surface area contributed by atoms with E-state index in [0.29, 0.717) is 17.6 Å². The molecule has 0 spiro atoms. The minimum atomic E-state index is -0.168. The molecule has 5 nitrogen and oxygen atoms in total. The summed E-state index contributed by atoms with van der Waals surface area (Å²) in [7, 11) is 0. The van der Waals surface area contributed by atoms with E-state index in [9.17, 15) is 0 Å². The van der Waals surface area contributed by atoms with Crippen LogP contribution in [0.5, 0.6) is 0 Å². The average molecular weight is 796 g/mol. The van der Waals surface area contributed by atoms with Gasteiger partial charge in [0.15, 0.2) is 11.6 Å². The van der Waals surface area contributed by atoms with Gasteiger partial charge in [-0.15, -0.1) is 0 Å². The van der Waals surface area contributed by atoms with Gasteiger partial charge in [-0.3, -0.25) is 4.57 Å². The van der Waals surface area contributed by atoms with E-state index >= 15 is 0 Å². The van der Waals surface area contributed by atoms with Crippen molar-refractivity contribution in [1.29, 1.82) is 0 Å². The van der Waals surface area contributed by atoms with Crippen LogP contribution in [-0.4, -0.2) is 24.1 Å². The summed E-state index contributed by atoms with van der Waals surface area (Å²) in [5.41, 5.74) is 17.5. The number of nitrogens with zero attached hydrogens (tertiary/aromatic N) is 5. The number of hydrogen-bond acceptors (Lipinski definition) is 3. The number of hydrogen-bond donors (Lipinski definition) is 0. The molecule has 13 rings (SSSR count). The van der Waals surface area contributed by atoms with Gasteiger partial charge in [-0.05, 0) is 93.0 Å². The molecule has 0 unspecified atom stereocenters. The van der Waals surface area contributed by atoms with Gasteiger partial charge in [-0.2, -0.15) is 9.97 Å². The first kappa shape index (κ1) is 35.2. The molecule has 0 aliphatic heterocycles. The van der Waals surface area contributed by atoms with Crippen molar-refractivity contribution in [2.45, 2.75) is 38.5 Å². The van der Waals surface area contributed by atoms with Gasteiger partial charge in [0, 0.05) is 49.2 Å². The number of fused-ring (bicyclic) bond motifs is 12. The lowest BCUT2D eigenvalue weighted by Crippen LogP contribution is -2.15. The quantitative estimate of drug-likeness (QED) is 0.178. The topological polar surface area (TPSA) is 48.5 Å². The Morgan fingerprint density at radius 1 is 0.339 bits per heavy atom. The van der Waals surface area contributed by atoms with Gasteiger partial charge < -0.3 is 4.57 Å². The van der Waals surface area contributed by atoms with E-state index in [0.717, 1.165) is 44.1 Å². The van der Waals surface area contributed by atoms with Crippen molar-refractivity contribution >= 4 is 43.6 Å². The normalized spacial score (nSPS) is 14.4. The predicted octanol–water partition coefficient (Wildman–Crippen LogP) is 14.0. The third-order valence-corrected chi connectivity index (χ3v) is 14.0. The van der Waals surface area contributed by atoms with Crippen LogP contribution < -0.4 is 0 Å². The van der Waals surface area contributed by atoms with Crippen LogP contribution in [0.1, 0.15) is 49.9 Å². The van der Waals surface area contributed by atoms with Gasteiger partial charge in [0.25, 0.3) is 0 Å². The van der Waals surface area contributed by atoms with E-state index in [2.05, 4.69) is 213 Å². The van der Waals surface area contributed by atoms with Crippen molar-refractivity contribution in [2.75, 3.05) is 0 Å². The molecular formula is C57H41N5. The van der Waals surface area contributed by atoms with Gasteiger partial charge in [0.2, 0.25) is 5.95 Å². The van der Waals surface area contributed by atoms with Crippen LogP contribution in [0.3, 0.4) is 0 Å². The molecule has 2 aliphatic carbocycles. The molecule has 0 amide bonds. The maximum absolute atomic E-state index is 5.46. The largest absolute Gasteiger partial charge is 0.309 e. The van der Waals surface area contributed by atoms with E-state index in [1.54, 1.807) is 0 Å². The smallest absolute Gasteiger partial charge is 0.238 e. The Balaban J connectivity index is 1.08. The van der Waals surface area contributed by atoms with Crippen molar-refractivity contribution in [3.63, 3.8) is 0 Å². The molecule has 294 valence electrons. The van der Waals surface area contributed by atoms with E-state index in [1.807, 2.05) is 0 Å². The third kappa shape index (κ3) is 4.76. The van der Waals surface area contributed by atoms with Crippen LogP contribution in [0, 0.1) is 0 Å². The minimum absolute atomic E-state index is 0.168. The molecule has 3 heterocycles. The second-order valence-electron chi connectivity index (χ2n) is 18.1. The Labute approximate surface area is 359 Å². The highest BCUT2D eigenvalue weighted by atomic mass is 15.2. The number of para-hydroxylation sites is 3. The predicted molar refractivity (Wildman–Crippen MR) is 255 cm³/mol. The zero-order valence-corrected chi connectivity index (χ0v) is 35.0. The summed E-state index contributed by atoms with van der Waals surface area (Å²) in [6, 6.07) is 63.8. The summed E-state index contributed by atoms with van der Waals surface area (Å²) in [6.45, 7) is 9.29. The SMILES string of the molecule is CC1(C)c2ccccc2-c2ccc(-c3nc(-c4ccc5c(c4)C(C)(C)c4ccccc4-5)nc(-n4c5ccccc5c5cc6c(cc54)c4ccccc4n6-c4ccccc4)n3)cc21. The van der Waals surface area contributed by atoms with Crippen molar-refractivity contribution in [3.8, 4) is 56.7 Å². The van der Waals surface area contributed by atoms with Crippen LogP contribution in [0.25, 0.3) is 100 Å². The van der Waals surface area contributed by atoms with Crippen molar-refractivity contribution < 1.29 is 0 Å². The number of aromatic nitrogens is 5. The summed E-state index contributed by atoms with van der Waals surface area (Å²) >= 11 is 0. The lowest BCUT2D eigenvalue weighted by Gasteiger charge is -2.22.